The van der Waals surface area contributed by atoms with Crippen molar-refractivity contribution in [3.05, 3.63) is 0 Å². The van der Waals surface area contributed by atoms with Crippen molar-refractivity contribution in [2.45, 2.75) is 64.8 Å². The SMILES string of the molecule is CCNC(=NCC(CC)N1CCCC1)N1CCC2(CCC2)C1.I. The van der Waals surface area contributed by atoms with Crippen LogP contribution in [0, 0.1) is 5.41 Å². The summed E-state index contributed by atoms with van der Waals surface area (Å²) in [5.41, 5.74) is 0.648. The van der Waals surface area contributed by atoms with Gasteiger partial charge in [-0.25, -0.2) is 0 Å². The van der Waals surface area contributed by atoms with Gasteiger partial charge in [0.1, 0.15) is 0 Å². The third kappa shape index (κ3) is 4.53. The predicted octanol–water partition coefficient (Wildman–Crippen LogP) is 3.32. The molecule has 5 heteroatoms. The van der Waals surface area contributed by atoms with Gasteiger partial charge >= 0.3 is 0 Å². The molecule has 1 unspecified atom stereocenters. The van der Waals surface area contributed by atoms with Crippen LogP contribution >= 0.6 is 24.0 Å². The first-order chi connectivity index (χ1) is 10.8. The summed E-state index contributed by atoms with van der Waals surface area (Å²) in [6, 6.07) is 0.636. The summed E-state index contributed by atoms with van der Waals surface area (Å²) in [5.74, 6) is 1.17. The Morgan fingerprint density at radius 2 is 1.83 bits per heavy atom. The first-order valence-corrected chi connectivity index (χ1v) is 9.54. The first-order valence-electron chi connectivity index (χ1n) is 9.54. The molecule has 2 saturated heterocycles. The normalized spacial score (nSPS) is 25.3. The fourth-order valence-electron chi connectivity index (χ4n) is 4.43. The summed E-state index contributed by atoms with van der Waals surface area (Å²) in [6.07, 6.45) is 9.65. The topological polar surface area (TPSA) is 30.9 Å². The minimum Gasteiger partial charge on any atom is -0.357 e. The lowest BCUT2D eigenvalue weighted by atomic mass is 9.68. The van der Waals surface area contributed by atoms with Gasteiger partial charge in [-0.3, -0.25) is 9.89 Å². The van der Waals surface area contributed by atoms with Crippen molar-refractivity contribution in [1.82, 2.24) is 15.1 Å². The standard InChI is InChI=1S/C18H34N4.HI/c1-3-16(21-11-5-6-12-21)14-20-17(19-4-2)22-13-10-18(15-22)8-7-9-18;/h16H,3-15H2,1-2H3,(H,19,20);1H. The zero-order valence-corrected chi connectivity index (χ0v) is 17.3. The molecule has 3 fully saturated rings. The fourth-order valence-corrected chi connectivity index (χ4v) is 4.43. The number of likely N-dealkylation sites (tertiary alicyclic amines) is 2. The first kappa shape index (κ1) is 19.3. The molecule has 0 aromatic heterocycles. The van der Waals surface area contributed by atoms with E-state index in [9.17, 15) is 0 Å². The second-order valence-electron chi connectivity index (χ2n) is 7.52. The third-order valence-corrected chi connectivity index (χ3v) is 6.07. The number of hydrogen-bond donors (Lipinski definition) is 1. The molecule has 0 radical (unpaired) electrons. The van der Waals surface area contributed by atoms with E-state index in [0.29, 0.717) is 11.5 Å². The highest BCUT2D eigenvalue weighted by atomic mass is 127. The molecule has 0 aromatic carbocycles. The van der Waals surface area contributed by atoms with Gasteiger partial charge in [0, 0.05) is 25.7 Å². The smallest absolute Gasteiger partial charge is 0.193 e. The second-order valence-corrected chi connectivity index (χ2v) is 7.52. The molecule has 2 heterocycles. The van der Waals surface area contributed by atoms with Gasteiger partial charge in [-0.05, 0) is 64.0 Å². The minimum atomic E-state index is 0. The van der Waals surface area contributed by atoms with Gasteiger partial charge in [-0.2, -0.15) is 0 Å². The average Bonchev–Trinajstić information content (AvgIpc) is 3.16. The number of hydrogen-bond acceptors (Lipinski definition) is 2. The van der Waals surface area contributed by atoms with E-state index in [4.69, 9.17) is 4.99 Å². The highest BCUT2D eigenvalue weighted by Gasteiger charge is 2.43. The van der Waals surface area contributed by atoms with E-state index in [1.807, 2.05) is 0 Å². The maximum atomic E-state index is 5.02. The molecule has 4 nitrogen and oxygen atoms in total. The van der Waals surface area contributed by atoms with Crippen LogP contribution in [-0.2, 0) is 0 Å². The molecular weight excluding hydrogens is 399 g/mol. The van der Waals surface area contributed by atoms with Gasteiger partial charge < -0.3 is 10.2 Å². The lowest BCUT2D eigenvalue weighted by molar-refractivity contribution is 0.151. The Morgan fingerprint density at radius 1 is 1.09 bits per heavy atom. The molecule has 23 heavy (non-hydrogen) atoms. The monoisotopic (exact) mass is 434 g/mol. The number of rotatable bonds is 5. The van der Waals surface area contributed by atoms with E-state index in [0.717, 1.165) is 13.1 Å². The van der Waals surface area contributed by atoms with Crippen molar-refractivity contribution in [2.24, 2.45) is 10.4 Å². The molecule has 134 valence electrons. The number of guanidine groups is 1. The van der Waals surface area contributed by atoms with Gasteiger partial charge in [-0.1, -0.05) is 13.3 Å². The van der Waals surface area contributed by atoms with E-state index in [2.05, 4.69) is 29.0 Å². The van der Waals surface area contributed by atoms with E-state index in [1.165, 1.54) is 77.1 Å². The maximum Gasteiger partial charge on any atom is 0.193 e. The molecule has 1 aliphatic carbocycles. The van der Waals surface area contributed by atoms with E-state index < -0.39 is 0 Å². The van der Waals surface area contributed by atoms with Gasteiger partial charge in [0.15, 0.2) is 5.96 Å². The summed E-state index contributed by atoms with van der Waals surface area (Å²) in [7, 11) is 0. The molecule has 3 aliphatic rings. The Bertz CT molecular complexity index is 388. The van der Waals surface area contributed by atoms with Crippen LogP contribution in [0.15, 0.2) is 4.99 Å². The maximum absolute atomic E-state index is 5.02. The van der Waals surface area contributed by atoms with Crippen LogP contribution < -0.4 is 5.32 Å². The summed E-state index contributed by atoms with van der Waals surface area (Å²) >= 11 is 0. The molecule has 0 bridgehead atoms. The molecule has 2 aliphatic heterocycles. The van der Waals surface area contributed by atoms with Crippen molar-refractivity contribution in [3.8, 4) is 0 Å². The van der Waals surface area contributed by atoms with Gasteiger partial charge in [0.05, 0.1) is 6.54 Å². The molecule has 0 aromatic rings. The van der Waals surface area contributed by atoms with Crippen molar-refractivity contribution in [2.75, 3.05) is 39.3 Å². The summed E-state index contributed by atoms with van der Waals surface area (Å²) < 4.78 is 0. The van der Waals surface area contributed by atoms with Crippen LogP contribution in [0.3, 0.4) is 0 Å². The van der Waals surface area contributed by atoms with Crippen molar-refractivity contribution in [3.63, 3.8) is 0 Å². The van der Waals surface area contributed by atoms with Gasteiger partial charge in [-0.15, -0.1) is 24.0 Å². The summed E-state index contributed by atoms with van der Waals surface area (Å²) in [4.78, 5) is 10.2. The number of nitrogens with zero attached hydrogens (tertiary/aromatic N) is 3. The quantitative estimate of drug-likeness (QED) is 0.409. The Hall–Kier alpha value is -0.0400. The Morgan fingerprint density at radius 3 is 2.35 bits per heavy atom. The Kier molecular flexibility index (Phi) is 7.45. The van der Waals surface area contributed by atoms with Crippen LogP contribution in [0.25, 0.3) is 0 Å². The molecule has 3 rings (SSSR count). The predicted molar refractivity (Wildman–Crippen MR) is 109 cm³/mol. The molecule has 0 amide bonds. The van der Waals surface area contributed by atoms with Crippen LogP contribution in [0.4, 0.5) is 0 Å². The second kappa shape index (κ2) is 8.88. The summed E-state index contributed by atoms with van der Waals surface area (Å²) in [6.45, 7) is 11.4. The van der Waals surface area contributed by atoms with Crippen molar-refractivity contribution < 1.29 is 0 Å². The highest BCUT2D eigenvalue weighted by Crippen LogP contribution is 2.47. The van der Waals surface area contributed by atoms with Crippen molar-refractivity contribution in [1.29, 1.82) is 0 Å². The minimum absolute atomic E-state index is 0. The third-order valence-electron chi connectivity index (χ3n) is 6.07. The number of aliphatic imine (C=N–C) groups is 1. The van der Waals surface area contributed by atoms with Crippen LogP contribution in [0.1, 0.15) is 58.8 Å². The molecular formula is C18H35IN4. The number of halogens is 1. The van der Waals surface area contributed by atoms with Crippen LogP contribution in [0.5, 0.6) is 0 Å². The fraction of sp³-hybridized carbons (Fsp3) is 0.944. The largest absolute Gasteiger partial charge is 0.357 e. The Balaban J connectivity index is 0.00000192. The zero-order valence-electron chi connectivity index (χ0n) is 15.0. The van der Waals surface area contributed by atoms with Gasteiger partial charge in [0.25, 0.3) is 0 Å². The molecule has 1 atom stereocenters. The lowest BCUT2D eigenvalue weighted by Gasteiger charge is -2.38. The summed E-state index contributed by atoms with van der Waals surface area (Å²) in [5, 5.41) is 3.54. The van der Waals surface area contributed by atoms with E-state index in [-0.39, 0.29) is 24.0 Å². The molecule has 1 N–H and O–H groups in total. The number of nitrogens with one attached hydrogen (secondary N) is 1. The van der Waals surface area contributed by atoms with Crippen molar-refractivity contribution >= 4 is 29.9 Å². The Labute approximate surface area is 159 Å². The van der Waals surface area contributed by atoms with E-state index in [1.54, 1.807) is 0 Å². The van der Waals surface area contributed by atoms with Crippen LogP contribution in [-0.4, -0.2) is 61.1 Å². The zero-order chi connectivity index (χ0) is 15.4. The average molecular weight is 434 g/mol. The molecule has 1 saturated carbocycles. The van der Waals surface area contributed by atoms with Crippen LogP contribution in [0.2, 0.25) is 0 Å². The van der Waals surface area contributed by atoms with E-state index >= 15 is 0 Å². The lowest BCUT2D eigenvalue weighted by Crippen LogP contribution is -2.43. The van der Waals surface area contributed by atoms with Gasteiger partial charge in [0.2, 0.25) is 0 Å². The highest BCUT2D eigenvalue weighted by molar-refractivity contribution is 14.0. The molecule has 1 spiro atoms.